The standard InChI is InChI=1S/C24H28N4O5/c1-32-20-7-6-18(10-21(20)33-2)27-14-17(9-23(27)30)25-24(31)26-11-15-8-16(13-26)19-4-3-5-22(29)28(19)12-15/h3-7,10,15-17H,8-9,11-14H2,1-2H3,(H,25,31). The van der Waals surface area contributed by atoms with Crippen LogP contribution in [0.25, 0.3) is 0 Å². The van der Waals surface area contributed by atoms with Gasteiger partial charge >= 0.3 is 6.03 Å². The summed E-state index contributed by atoms with van der Waals surface area (Å²) in [5, 5.41) is 3.05. The molecule has 5 rings (SSSR count). The number of methoxy groups -OCH3 is 2. The van der Waals surface area contributed by atoms with Crippen LogP contribution in [0.2, 0.25) is 0 Å². The molecule has 1 aromatic carbocycles. The zero-order valence-electron chi connectivity index (χ0n) is 18.8. The lowest BCUT2D eigenvalue weighted by atomic mass is 9.83. The molecule has 0 radical (unpaired) electrons. The summed E-state index contributed by atoms with van der Waals surface area (Å²) in [5.74, 6) is 1.52. The number of nitrogens with one attached hydrogen (secondary N) is 1. The summed E-state index contributed by atoms with van der Waals surface area (Å²) in [4.78, 5) is 41.5. The number of piperidine rings is 1. The van der Waals surface area contributed by atoms with Crippen LogP contribution in [0.4, 0.5) is 10.5 Å². The van der Waals surface area contributed by atoms with Gasteiger partial charge in [0.15, 0.2) is 11.5 Å². The number of benzene rings is 1. The summed E-state index contributed by atoms with van der Waals surface area (Å²) in [5.41, 5.74) is 1.75. The van der Waals surface area contributed by atoms with Gasteiger partial charge in [0.25, 0.3) is 5.56 Å². The second-order valence-corrected chi connectivity index (χ2v) is 9.00. The lowest BCUT2D eigenvalue weighted by molar-refractivity contribution is -0.117. The summed E-state index contributed by atoms with van der Waals surface area (Å²) in [6, 6.07) is 10.3. The Morgan fingerprint density at radius 2 is 1.82 bits per heavy atom. The van der Waals surface area contributed by atoms with Gasteiger partial charge < -0.3 is 29.2 Å². The molecule has 0 aliphatic carbocycles. The van der Waals surface area contributed by atoms with E-state index in [1.807, 2.05) is 21.6 Å². The van der Waals surface area contributed by atoms with Gasteiger partial charge in [-0.3, -0.25) is 9.59 Å². The highest BCUT2D eigenvalue weighted by Crippen LogP contribution is 2.35. The van der Waals surface area contributed by atoms with Gasteiger partial charge in [-0.25, -0.2) is 4.79 Å². The molecule has 0 spiro atoms. The molecule has 9 nitrogen and oxygen atoms in total. The fourth-order valence-corrected chi connectivity index (χ4v) is 5.37. The Balaban J connectivity index is 1.25. The Bertz CT molecular complexity index is 1150. The molecule has 3 amide bonds. The van der Waals surface area contributed by atoms with E-state index in [1.165, 1.54) is 0 Å². The first-order valence-electron chi connectivity index (χ1n) is 11.2. The average Bonchev–Trinajstić information content (AvgIpc) is 3.18. The third kappa shape index (κ3) is 3.92. The van der Waals surface area contributed by atoms with Crippen molar-refractivity contribution < 1.29 is 19.1 Å². The molecule has 174 valence electrons. The fraction of sp³-hybridized carbons (Fsp3) is 0.458. The monoisotopic (exact) mass is 452 g/mol. The number of urea groups is 1. The Morgan fingerprint density at radius 3 is 2.61 bits per heavy atom. The van der Waals surface area contributed by atoms with E-state index in [0.717, 1.165) is 12.1 Å². The van der Waals surface area contributed by atoms with Crippen molar-refractivity contribution in [1.82, 2.24) is 14.8 Å². The van der Waals surface area contributed by atoms with Gasteiger partial charge in [-0.15, -0.1) is 0 Å². The molecule has 2 bridgehead atoms. The van der Waals surface area contributed by atoms with Crippen LogP contribution in [-0.4, -0.2) is 61.3 Å². The minimum Gasteiger partial charge on any atom is -0.493 e. The smallest absolute Gasteiger partial charge is 0.317 e. The van der Waals surface area contributed by atoms with Crippen LogP contribution < -0.4 is 25.2 Å². The maximum absolute atomic E-state index is 13.1. The number of amides is 3. The van der Waals surface area contributed by atoms with E-state index in [2.05, 4.69) is 5.32 Å². The Kier molecular flexibility index (Phi) is 5.47. The largest absolute Gasteiger partial charge is 0.493 e. The minimum atomic E-state index is -0.269. The number of ether oxygens (including phenoxy) is 2. The number of hydrogen-bond donors (Lipinski definition) is 1. The van der Waals surface area contributed by atoms with E-state index >= 15 is 0 Å². The highest BCUT2D eigenvalue weighted by Gasteiger charge is 2.38. The van der Waals surface area contributed by atoms with Gasteiger partial charge in [0.05, 0.1) is 20.3 Å². The summed E-state index contributed by atoms with van der Waals surface area (Å²) in [6.45, 7) is 2.23. The molecule has 2 fully saturated rings. The molecule has 9 heteroatoms. The van der Waals surface area contributed by atoms with Crippen LogP contribution in [0.15, 0.2) is 41.2 Å². The fourth-order valence-electron chi connectivity index (χ4n) is 5.37. The summed E-state index contributed by atoms with van der Waals surface area (Å²) >= 11 is 0. The quantitative estimate of drug-likeness (QED) is 0.764. The summed E-state index contributed by atoms with van der Waals surface area (Å²) in [6.07, 6.45) is 1.24. The van der Waals surface area contributed by atoms with Crippen molar-refractivity contribution in [3.8, 4) is 11.5 Å². The number of hydrogen-bond acceptors (Lipinski definition) is 5. The molecule has 3 atom stereocenters. The van der Waals surface area contributed by atoms with Gasteiger partial charge in [-0.05, 0) is 30.5 Å². The lowest BCUT2D eigenvalue weighted by Gasteiger charge is -2.42. The van der Waals surface area contributed by atoms with Crippen molar-refractivity contribution in [3.05, 3.63) is 52.4 Å². The number of pyridine rings is 1. The predicted molar refractivity (Wildman–Crippen MR) is 122 cm³/mol. The highest BCUT2D eigenvalue weighted by molar-refractivity contribution is 5.97. The van der Waals surface area contributed by atoms with Crippen molar-refractivity contribution in [3.63, 3.8) is 0 Å². The van der Waals surface area contributed by atoms with Crippen molar-refractivity contribution in [2.75, 3.05) is 38.8 Å². The van der Waals surface area contributed by atoms with Crippen LogP contribution in [0.5, 0.6) is 11.5 Å². The molecule has 1 N–H and O–H groups in total. The molecule has 4 heterocycles. The minimum absolute atomic E-state index is 0.0276. The Hall–Kier alpha value is -3.49. The van der Waals surface area contributed by atoms with Gasteiger partial charge in [0.2, 0.25) is 5.91 Å². The maximum Gasteiger partial charge on any atom is 0.317 e. The highest BCUT2D eigenvalue weighted by atomic mass is 16.5. The summed E-state index contributed by atoms with van der Waals surface area (Å²) in [7, 11) is 3.12. The molecular formula is C24H28N4O5. The Morgan fingerprint density at radius 1 is 1.00 bits per heavy atom. The number of nitrogens with zero attached hydrogens (tertiary/aromatic N) is 3. The van der Waals surface area contributed by atoms with E-state index in [-0.39, 0.29) is 41.8 Å². The topological polar surface area (TPSA) is 93.1 Å². The SMILES string of the molecule is COc1ccc(N2CC(NC(=O)N3CC4CC(C3)c3cccc(=O)n3C4)CC2=O)cc1OC. The van der Waals surface area contributed by atoms with E-state index in [1.54, 1.807) is 43.4 Å². The van der Waals surface area contributed by atoms with Gasteiger partial charge in [-0.2, -0.15) is 0 Å². The zero-order chi connectivity index (χ0) is 23.1. The van der Waals surface area contributed by atoms with Crippen molar-refractivity contribution in [1.29, 1.82) is 0 Å². The second kappa shape index (κ2) is 8.46. The second-order valence-electron chi connectivity index (χ2n) is 9.00. The summed E-state index contributed by atoms with van der Waals surface area (Å²) < 4.78 is 12.5. The molecule has 3 aliphatic heterocycles. The predicted octanol–water partition coefficient (Wildman–Crippen LogP) is 1.80. The van der Waals surface area contributed by atoms with Crippen LogP contribution in [-0.2, 0) is 11.3 Å². The van der Waals surface area contributed by atoms with E-state index in [9.17, 15) is 14.4 Å². The van der Waals surface area contributed by atoms with Crippen LogP contribution in [0.3, 0.4) is 0 Å². The van der Waals surface area contributed by atoms with Gasteiger partial charge in [0, 0.05) is 62.0 Å². The molecular weight excluding hydrogens is 424 g/mol. The number of likely N-dealkylation sites (tertiary alicyclic amines) is 1. The average molecular weight is 453 g/mol. The molecule has 3 unspecified atom stereocenters. The normalized spacial score (nSPS) is 23.8. The number of carbonyl (C=O) groups excluding carboxylic acids is 2. The van der Waals surface area contributed by atoms with Crippen LogP contribution in [0.1, 0.15) is 24.5 Å². The first-order valence-corrected chi connectivity index (χ1v) is 11.2. The number of fused-ring (bicyclic) bond motifs is 4. The molecule has 3 aliphatic rings. The van der Waals surface area contributed by atoms with Crippen LogP contribution >= 0.6 is 0 Å². The Labute approximate surface area is 191 Å². The maximum atomic E-state index is 13.1. The van der Waals surface area contributed by atoms with Crippen molar-refractivity contribution in [2.24, 2.45) is 5.92 Å². The third-order valence-corrected chi connectivity index (χ3v) is 6.90. The molecule has 2 saturated heterocycles. The lowest BCUT2D eigenvalue weighted by Crippen LogP contribution is -2.53. The molecule has 33 heavy (non-hydrogen) atoms. The van der Waals surface area contributed by atoms with E-state index in [4.69, 9.17) is 9.47 Å². The van der Waals surface area contributed by atoms with Gasteiger partial charge in [0.1, 0.15) is 0 Å². The van der Waals surface area contributed by atoms with Crippen LogP contribution in [0, 0.1) is 5.92 Å². The van der Waals surface area contributed by atoms with E-state index in [0.29, 0.717) is 43.4 Å². The first kappa shape index (κ1) is 21.4. The number of rotatable bonds is 4. The molecule has 0 saturated carbocycles. The third-order valence-electron chi connectivity index (χ3n) is 6.90. The van der Waals surface area contributed by atoms with Crippen molar-refractivity contribution >= 4 is 17.6 Å². The number of anilines is 1. The van der Waals surface area contributed by atoms with Gasteiger partial charge in [-0.1, -0.05) is 6.07 Å². The number of carbonyl (C=O) groups is 2. The van der Waals surface area contributed by atoms with E-state index < -0.39 is 0 Å². The molecule has 1 aromatic heterocycles. The molecule has 2 aromatic rings. The first-order chi connectivity index (χ1) is 16.0. The van der Waals surface area contributed by atoms with Crippen molar-refractivity contribution in [2.45, 2.75) is 31.3 Å². The zero-order valence-corrected chi connectivity index (χ0v) is 18.8. The number of aromatic nitrogens is 1.